The summed E-state index contributed by atoms with van der Waals surface area (Å²) in [5.41, 5.74) is 2.34. The molecule has 0 atom stereocenters. The van der Waals surface area contributed by atoms with Gasteiger partial charge in [-0.05, 0) is 37.5 Å². The van der Waals surface area contributed by atoms with Crippen LogP contribution in [0.25, 0.3) is 0 Å². The number of urea groups is 2. The zero-order valence-corrected chi connectivity index (χ0v) is 25.6. The maximum Gasteiger partial charge on any atom is 0.319 e. The molecule has 0 unspecified atom stereocenters. The van der Waals surface area contributed by atoms with Crippen molar-refractivity contribution in [1.82, 2.24) is 10.6 Å². The summed E-state index contributed by atoms with van der Waals surface area (Å²) in [6.07, 6.45) is 25.6. The largest absolute Gasteiger partial charge is 0.338 e. The fourth-order valence-electron chi connectivity index (χ4n) is 4.80. The smallest absolute Gasteiger partial charge is 0.319 e. The van der Waals surface area contributed by atoms with Gasteiger partial charge in [0.15, 0.2) is 0 Å². The second-order valence-electron chi connectivity index (χ2n) is 11.2. The molecule has 0 aliphatic carbocycles. The number of aryl methyl sites for hydroxylation is 1. The summed E-state index contributed by atoms with van der Waals surface area (Å²) in [6, 6.07) is 5.19. The molecule has 0 heterocycles. The van der Waals surface area contributed by atoms with Crippen LogP contribution in [0.3, 0.4) is 0 Å². The van der Waals surface area contributed by atoms with Crippen molar-refractivity contribution in [3.05, 3.63) is 23.8 Å². The van der Waals surface area contributed by atoms with Gasteiger partial charge in [0, 0.05) is 24.5 Å². The highest BCUT2D eigenvalue weighted by atomic mass is 16.2. The number of rotatable bonds is 24. The van der Waals surface area contributed by atoms with E-state index in [0.717, 1.165) is 31.2 Å². The number of benzene rings is 1. The second-order valence-corrected chi connectivity index (χ2v) is 11.2. The number of nitrogens with one attached hydrogen (secondary N) is 4. The summed E-state index contributed by atoms with van der Waals surface area (Å²) in [5, 5.41) is 11.7. The molecule has 1 rings (SSSR count). The molecule has 1 aromatic carbocycles. The number of anilines is 2. The van der Waals surface area contributed by atoms with E-state index in [4.69, 9.17) is 0 Å². The Morgan fingerprint density at radius 1 is 0.538 bits per heavy atom. The third-order valence-corrected chi connectivity index (χ3v) is 7.38. The fraction of sp³-hybridized carbons (Fsp3) is 0.758. The molecule has 6 nitrogen and oxygen atoms in total. The lowest BCUT2D eigenvalue weighted by atomic mass is 10.1. The van der Waals surface area contributed by atoms with Crippen LogP contribution in [0.4, 0.5) is 21.0 Å². The van der Waals surface area contributed by atoms with Gasteiger partial charge in [-0.3, -0.25) is 0 Å². The van der Waals surface area contributed by atoms with E-state index < -0.39 is 0 Å². The molecule has 0 spiro atoms. The minimum atomic E-state index is -0.203. The Labute approximate surface area is 240 Å². The average molecular weight is 545 g/mol. The van der Waals surface area contributed by atoms with E-state index in [1.807, 2.05) is 25.1 Å². The van der Waals surface area contributed by atoms with Gasteiger partial charge in [0.1, 0.15) is 0 Å². The van der Waals surface area contributed by atoms with Gasteiger partial charge in [-0.15, -0.1) is 0 Å². The van der Waals surface area contributed by atoms with Gasteiger partial charge in [-0.25, -0.2) is 9.59 Å². The highest BCUT2D eigenvalue weighted by Gasteiger charge is 2.07. The van der Waals surface area contributed by atoms with E-state index >= 15 is 0 Å². The highest BCUT2D eigenvalue weighted by molar-refractivity contribution is 5.93. The van der Waals surface area contributed by atoms with Crippen molar-refractivity contribution in [2.75, 3.05) is 23.7 Å². The first-order valence-corrected chi connectivity index (χ1v) is 16.3. The van der Waals surface area contributed by atoms with Gasteiger partial charge in [0.25, 0.3) is 0 Å². The van der Waals surface area contributed by atoms with Crippen LogP contribution in [0, 0.1) is 6.92 Å². The van der Waals surface area contributed by atoms with Crippen LogP contribution in [0.1, 0.15) is 148 Å². The molecule has 1 aromatic rings. The molecule has 0 fully saturated rings. The van der Waals surface area contributed by atoms with Crippen LogP contribution in [-0.4, -0.2) is 25.2 Å². The molecule has 0 bridgehead atoms. The quantitative estimate of drug-likeness (QED) is 0.0976. The topological polar surface area (TPSA) is 82.3 Å². The van der Waals surface area contributed by atoms with Gasteiger partial charge in [-0.2, -0.15) is 0 Å². The Balaban J connectivity index is 2.13. The predicted octanol–water partition coefficient (Wildman–Crippen LogP) is 10.1. The van der Waals surface area contributed by atoms with Crippen LogP contribution in [0.15, 0.2) is 18.2 Å². The van der Waals surface area contributed by atoms with Crippen LogP contribution in [0.2, 0.25) is 0 Å². The summed E-state index contributed by atoms with van der Waals surface area (Å²) >= 11 is 0. The van der Waals surface area contributed by atoms with Crippen molar-refractivity contribution in [3.8, 4) is 0 Å². The summed E-state index contributed by atoms with van der Waals surface area (Å²) < 4.78 is 0. The third-order valence-electron chi connectivity index (χ3n) is 7.38. The van der Waals surface area contributed by atoms with Gasteiger partial charge in [0.2, 0.25) is 0 Å². The summed E-state index contributed by atoms with van der Waals surface area (Å²) in [5.74, 6) is 0. The van der Waals surface area contributed by atoms with Crippen LogP contribution >= 0.6 is 0 Å². The molecule has 0 aliphatic rings. The number of amides is 4. The number of carbonyl (C=O) groups is 2. The molecule has 39 heavy (non-hydrogen) atoms. The summed E-state index contributed by atoms with van der Waals surface area (Å²) in [4.78, 5) is 24.7. The molecule has 4 amide bonds. The Morgan fingerprint density at radius 3 is 1.36 bits per heavy atom. The number of hydrogen-bond donors (Lipinski definition) is 4. The van der Waals surface area contributed by atoms with Gasteiger partial charge in [0.05, 0.1) is 0 Å². The molecule has 6 heteroatoms. The van der Waals surface area contributed by atoms with E-state index in [1.54, 1.807) is 0 Å². The molecule has 0 saturated carbocycles. The lowest BCUT2D eigenvalue weighted by molar-refractivity contribution is 0.251. The standard InChI is InChI=1S/C33H60N4O2/c1-4-6-8-10-12-14-16-18-20-22-26-34-32(38)36-30-25-24-29(3)31(28-30)37-33(39)35-27-23-21-19-17-15-13-11-9-7-5-2/h24-25,28H,4-23,26-27H2,1-3H3,(H2,34,36,38)(H2,35,37,39). The minimum Gasteiger partial charge on any atom is -0.338 e. The van der Waals surface area contributed by atoms with E-state index in [9.17, 15) is 9.59 Å². The lowest BCUT2D eigenvalue weighted by Crippen LogP contribution is -2.30. The predicted molar refractivity (Wildman–Crippen MR) is 169 cm³/mol. The molecule has 0 aromatic heterocycles. The molecule has 0 radical (unpaired) electrons. The number of carbonyl (C=O) groups excluding carboxylic acids is 2. The van der Waals surface area contributed by atoms with Gasteiger partial charge >= 0.3 is 12.1 Å². The molecular formula is C33H60N4O2. The van der Waals surface area contributed by atoms with Crippen LogP contribution < -0.4 is 21.3 Å². The monoisotopic (exact) mass is 544 g/mol. The third kappa shape index (κ3) is 20.3. The second kappa shape index (κ2) is 24.8. The van der Waals surface area contributed by atoms with E-state index in [1.165, 1.54) is 103 Å². The van der Waals surface area contributed by atoms with Crippen molar-refractivity contribution in [2.45, 2.75) is 149 Å². The van der Waals surface area contributed by atoms with Crippen LogP contribution in [0.5, 0.6) is 0 Å². The fourth-order valence-corrected chi connectivity index (χ4v) is 4.80. The zero-order chi connectivity index (χ0) is 28.4. The maximum absolute atomic E-state index is 12.4. The number of hydrogen-bond acceptors (Lipinski definition) is 2. The van der Waals surface area contributed by atoms with E-state index in [0.29, 0.717) is 24.5 Å². The molecular weight excluding hydrogens is 484 g/mol. The van der Waals surface area contributed by atoms with Gasteiger partial charge in [-0.1, -0.05) is 135 Å². The van der Waals surface area contributed by atoms with Crippen molar-refractivity contribution >= 4 is 23.4 Å². The molecule has 0 aliphatic heterocycles. The Kier molecular flexibility index (Phi) is 22.1. The zero-order valence-electron chi connectivity index (χ0n) is 25.6. The average Bonchev–Trinajstić information content (AvgIpc) is 2.92. The molecule has 0 saturated heterocycles. The van der Waals surface area contributed by atoms with Crippen molar-refractivity contribution in [1.29, 1.82) is 0 Å². The minimum absolute atomic E-state index is 0.198. The van der Waals surface area contributed by atoms with Crippen molar-refractivity contribution < 1.29 is 9.59 Å². The number of unbranched alkanes of at least 4 members (excludes halogenated alkanes) is 18. The normalized spacial score (nSPS) is 10.8. The van der Waals surface area contributed by atoms with Crippen molar-refractivity contribution in [3.63, 3.8) is 0 Å². The first-order valence-electron chi connectivity index (χ1n) is 16.3. The highest BCUT2D eigenvalue weighted by Crippen LogP contribution is 2.20. The Hall–Kier alpha value is -2.24. The first kappa shape index (κ1) is 34.8. The summed E-state index contributed by atoms with van der Waals surface area (Å²) in [6.45, 7) is 7.82. The van der Waals surface area contributed by atoms with Gasteiger partial charge < -0.3 is 21.3 Å². The first-order chi connectivity index (χ1) is 19.1. The summed E-state index contributed by atoms with van der Waals surface area (Å²) in [7, 11) is 0. The van der Waals surface area contributed by atoms with Crippen LogP contribution in [-0.2, 0) is 0 Å². The SMILES string of the molecule is CCCCCCCCCCCCNC(=O)Nc1ccc(C)c(NC(=O)NCCCCCCCCCCCC)c1. The molecule has 4 N–H and O–H groups in total. The lowest BCUT2D eigenvalue weighted by Gasteiger charge is -2.13. The van der Waals surface area contributed by atoms with E-state index in [2.05, 4.69) is 35.1 Å². The van der Waals surface area contributed by atoms with Crippen molar-refractivity contribution in [2.24, 2.45) is 0 Å². The molecule has 224 valence electrons. The Bertz CT molecular complexity index is 753. The maximum atomic E-state index is 12.4. The van der Waals surface area contributed by atoms with E-state index in [-0.39, 0.29) is 12.1 Å². The Morgan fingerprint density at radius 2 is 0.923 bits per heavy atom.